The van der Waals surface area contributed by atoms with Crippen LogP contribution in [0.5, 0.6) is 5.75 Å². The normalized spacial score (nSPS) is 15.2. The molecule has 1 aliphatic rings. The Labute approximate surface area is 159 Å². The summed E-state index contributed by atoms with van der Waals surface area (Å²) in [4.78, 5) is 14.4. The molecule has 0 radical (unpaired) electrons. The average Bonchev–Trinajstić information content (AvgIpc) is 2.70. The summed E-state index contributed by atoms with van der Waals surface area (Å²) in [6.45, 7) is 1.68. The van der Waals surface area contributed by atoms with Crippen LogP contribution in [-0.2, 0) is 11.2 Å². The van der Waals surface area contributed by atoms with E-state index in [9.17, 15) is 15.2 Å². The number of likely N-dealkylation sites (tertiary alicyclic amines) is 1. The van der Waals surface area contributed by atoms with Crippen molar-refractivity contribution in [3.8, 4) is 11.8 Å². The highest BCUT2D eigenvalue weighted by molar-refractivity contribution is 6.06. The van der Waals surface area contributed by atoms with Crippen molar-refractivity contribution in [2.45, 2.75) is 19.3 Å². The van der Waals surface area contributed by atoms with Gasteiger partial charge in [0.15, 0.2) is 0 Å². The Morgan fingerprint density at radius 3 is 2.44 bits per heavy atom. The number of hydrogen-bond donors (Lipinski definition) is 2. The van der Waals surface area contributed by atoms with Gasteiger partial charge in [-0.3, -0.25) is 4.79 Å². The predicted octanol–water partition coefficient (Wildman–Crippen LogP) is 3.69. The molecule has 1 fully saturated rings. The van der Waals surface area contributed by atoms with Crippen LogP contribution >= 0.6 is 0 Å². The fourth-order valence-electron chi connectivity index (χ4n) is 3.30. The van der Waals surface area contributed by atoms with E-state index in [4.69, 9.17) is 0 Å². The summed E-state index contributed by atoms with van der Waals surface area (Å²) in [6, 6.07) is 18.6. The molecule has 138 valence electrons. The van der Waals surface area contributed by atoms with Crippen molar-refractivity contribution >= 4 is 11.6 Å². The van der Waals surface area contributed by atoms with Crippen molar-refractivity contribution in [1.29, 1.82) is 5.26 Å². The standard InChI is InChI=1S/C22H23N3O2/c23-15-19(22(27)24-20-6-8-21(26)9-7-20)16-25-12-10-18(11-13-25)14-17-4-2-1-3-5-17/h1-9,16,18,26H,10-14H2,(H,24,27)/b19-16-. The van der Waals surface area contributed by atoms with E-state index in [1.165, 1.54) is 17.7 Å². The molecule has 2 aromatic carbocycles. The van der Waals surface area contributed by atoms with Crippen molar-refractivity contribution in [1.82, 2.24) is 4.90 Å². The first-order chi connectivity index (χ1) is 13.1. The van der Waals surface area contributed by atoms with Crippen LogP contribution in [0.15, 0.2) is 66.4 Å². The van der Waals surface area contributed by atoms with Gasteiger partial charge in [0, 0.05) is 25.0 Å². The second-order valence-electron chi connectivity index (χ2n) is 6.82. The largest absolute Gasteiger partial charge is 0.508 e. The van der Waals surface area contributed by atoms with Crippen molar-refractivity contribution < 1.29 is 9.90 Å². The van der Waals surface area contributed by atoms with E-state index in [1.807, 2.05) is 12.1 Å². The predicted molar refractivity (Wildman–Crippen MR) is 105 cm³/mol. The van der Waals surface area contributed by atoms with E-state index in [1.54, 1.807) is 18.3 Å². The van der Waals surface area contributed by atoms with Gasteiger partial charge < -0.3 is 15.3 Å². The topological polar surface area (TPSA) is 76.4 Å². The fraction of sp³-hybridized carbons (Fsp3) is 0.273. The number of aromatic hydroxyl groups is 1. The number of phenolic OH excluding ortho intramolecular Hbond substituents is 1. The third-order valence-electron chi connectivity index (χ3n) is 4.82. The molecular formula is C22H23N3O2. The first-order valence-electron chi connectivity index (χ1n) is 9.14. The number of benzene rings is 2. The van der Waals surface area contributed by atoms with E-state index in [-0.39, 0.29) is 11.3 Å². The van der Waals surface area contributed by atoms with Crippen LogP contribution in [0.2, 0.25) is 0 Å². The summed E-state index contributed by atoms with van der Waals surface area (Å²) in [5, 5.41) is 21.3. The Morgan fingerprint density at radius 2 is 1.81 bits per heavy atom. The van der Waals surface area contributed by atoms with Gasteiger partial charge in [0.1, 0.15) is 17.4 Å². The first-order valence-corrected chi connectivity index (χ1v) is 9.14. The lowest BCUT2D eigenvalue weighted by atomic mass is 9.90. The van der Waals surface area contributed by atoms with E-state index in [0.29, 0.717) is 11.6 Å². The smallest absolute Gasteiger partial charge is 0.267 e. The summed E-state index contributed by atoms with van der Waals surface area (Å²) >= 11 is 0. The number of rotatable bonds is 5. The lowest BCUT2D eigenvalue weighted by Gasteiger charge is -2.31. The monoisotopic (exact) mass is 361 g/mol. The minimum atomic E-state index is -0.436. The zero-order valence-corrected chi connectivity index (χ0v) is 15.1. The average molecular weight is 361 g/mol. The summed E-state index contributed by atoms with van der Waals surface area (Å²) in [6.07, 6.45) is 4.83. The summed E-state index contributed by atoms with van der Waals surface area (Å²) in [5.41, 5.74) is 1.99. The van der Waals surface area contributed by atoms with Gasteiger partial charge in [0.25, 0.3) is 5.91 Å². The molecule has 27 heavy (non-hydrogen) atoms. The number of hydrogen-bond acceptors (Lipinski definition) is 4. The second-order valence-corrected chi connectivity index (χ2v) is 6.82. The van der Waals surface area contributed by atoms with Gasteiger partial charge in [-0.15, -0.1) is 0 Å². The van der Waals surface area contributed by atoms with Crippen molar-refractivity contribution in [2.75, 3.05) is 18.4 Å². The molecule has 0 bridgehead atoms. The van der Waals surface area contributed by atoms with E-state index in [0.717, 1.165) is 32.4 Å². The van der Waals surface area contributed by atoms with Crippen molar-refractivity contribution in [3.05, 3.63) is 71.9 Å². The van der Waals surface area contributed by atoms with Crippen molar-refractivity contribution in [2.24, 2.45) is 5.92 Å². The van der Waals surface area contributed by atoms with Crippen LogP contribution in [0, 0.1) is 17.2 Å². The molecule has 2 N–H and O–H groups in total. The molecule has 1 saturated heterocycles. The zero-order valence-electron chi connectivity index (χ0n) is 15.1. The van der Waals surface area contributed by atoms with Gasteiger partial charge in [0.2, 0.25) is 0 Å². The molecule has 1 amide bonds. The summed E-state index contributed by atoms with van der Waals surface area (Å²) < 4.78 is 0. The SMILES string of the molecule is N#C/C(=C/N1CCC(Cc2ccccc2)CC1)C(=O)Nc1ccc(O)cc1. The number of nitrogens with zero attached hydrogens (tertiary/aromatic N) is 2. The maximum absolute atomic E-state index is 12.3. The number of anilines is 1. The lowest BCUT2D eigenvalue weighted by Crippen LogP contribution is -2.31. The number of carbonyl (C=O) groups is 1. The molecule has 5 heteroatoms. The second kappa shape index (κ2) is 8.91. The fourth-order valence-corrected chi connectivity index (χ4v) is 3.30. The first kappa shape index (κ1) is 18.5. The van der Waals surface area contributed by atoms with Gasteiger partial charge in [-0.1, -0.05) is 30.3 Å². The molecule has 3 rings (SSSR count). The molecule has 5 nitrogen and oxygen atoms in total. The number of carbonyl (C=O) groups excluding carboxylic acids is 1. The van der Waals surface area contributed by atoms with Crippen LogP contribution in [0.1, 0.15) is 18.4 Å². The number of amides is 1. The Balaban J connectivity index is 1.54. The number of nitriles is 1. The number of phenols is 1. The van der Waals surface area contributed by atoms with E-state index < -0.39 is 5.91 Å². The summed E-state index contributed by atoms with van der Waals surface area (Å²) in [7, 11) is 0. The maximum atomic E-state index is 12.3. The molecule has 0 atom stereocenters. The van der Waals surface area contributed by atoms with Crippen LogP contribution in [0.25, 0.3) is 0 Å². The molecule has 1 aliphatic heterocycles. The van der Waals surface area contributed by atoms with E-state index >= 15 is 0 Å². The Bertz CT molecular complexity index is 830. The molecule has 0 saturated carbocycles. The van der Waals surface area contributed by atoms with Gasteiger partial charge in [-0.05, 0) is 55.0 Å². The molecule has 0 aliphatic carbocycles. The van der Waals surface area contributed by atoms with Gasteiger partial charge in [-0.2, -0.15) is 5.26 Å². The molecule has 0 unspecified atom stereocenters. The summed E-state index contributed by atoms with van der Waals surface area (Å²) in [5.74, 6) is 0.324. The minimum Gasteiger partial charge on any atom is -0.508 e. The lowest BCUT2D eigenvalue weighted by molar-refractivity contribution is -0.112. The van der Waals surface area contributed by atoms with Crippen LogP contribution in [0.3, 0.4) is 0 Å². The number of piperidine rings is 1. The van der Waals surface area contributed by atoms with Gasteiger partial charge in [-0.25, -0.2) is 0 Å². The Morgan fingerprint density at radius 1 is 1.15 bits per heavy atom. The highest BCUT2D eigenvalue weighted by Gasteiger charge is 2.19. The van der Waals surface area contributed by atoms with Crippen molar-refractivity contribution in [3.63, 3.8) is 0 Å². The Kier molecular flexibility index (Phi) is 6.11. The van der Waals surface area contributed by atoms with Crippen LogP contribution in [-0.4, -0.2) is 29.0 Å². The molecular weight excluding hydrogens is 338 g/mol. The third-order valence-corrected chi connectivity index (χ3v) is 4.82. The van der Waals surface area contributed by atoms with Gasteiger partial charge in [0.05, 0.1) is 0 Å². The Hall–Kier alpha value is -3.26. The van der Waals surface area contributed by atoms with Gasteiger partial charge >= 0.3 is 0 Å². The number of nitrogens with one attached hydrogen (secondary N) is 1. The van der Waals surface area contributed by atoms with E-state index in [2.05, 4.69) is 34.5 Å². The minimum absolute atomic E-state index is 0.0876. The van der Waals surface area contributed by atoms with Crippen LogP contribution in [0.4, 0.5) is 5.69 Å². The third kappa shape index (κ3) is 5.35. The quantitative estimate of drug-likeness (QED) is 0.484. The highest BCUT2D eigenvalue weighted by atomic mass is 16.3. The molecule has 2 aromatic rings. The molecule has 0 aromatic heterocycles. The molecule has 0 spiro atoms. The maximum Gasteiger partial charge on any atom is 0.267 e. The zero-order chi connectivity index (χ0) is 19.1. The molecule has 1 heterocycles. The van der Waals surface area contributed by atoms with Crippen LogP contribution < -0.4 is 5.32 Å². The highest BCUT2D eigenvalue weighted by Crippen LogP contribution is 2.22.